The smallest absolute Gasteiger partial charge is 0.168 e. The highest BCUT2D eigenvalue weighted by Crippen LogP contribution is 2.12. The molecule has 0 aliphatic rings. The van der Waals surface area contributed by atoms with Crippen molar-refractivity contribution in [3.05, 3.63) is 72.5 Å². The van der Waals surface area contributed by atoms with E-state index in [-0.39, 0.29) is 5.49 Å². The first-order valence-corrected chi connectivity index (χ1v) is 6.96. The topological polar surface area (TPSA) is 85.0 Å². The molecule has 1 aromatic carbocycles. The second-order valence-corrected chi connectivity index (χ2v) is 4.83. The molecule has 7 nitrogen and oxygen atoms in total. The summed E-state index contributed by atoms with van der Waals surface area (Å²) in [4.78, 5) is 4.38. The number of rotatable bonds is 3. The van der Waals surface area contributed by atoms with Gasteiger partial charge in [-0.1, -0.05) is 18.2 Å². The molecule has 0 spiro atoms. The number of fused-ring (bicyclic) bond motifs is 1. The average molecular weight is 304 g/mol. The number of nitrogens with one attached hydrogen (secondary N) is 1. The van der Waals surface area contributed by atoms with Crippen LogP contribution in [0.2, 0.25) is 0 Å². The quantitative estimate of drug-likeness (QED) is 0.589. The summed E-state index contributed by atoms with van der Waals surface area (Å²) in [5.41, 5.74) is 1.72. The van der Waals surface area contributed by atoms with Gasteiger partial charge in [0.05, 0.1) is 29.7 Å². The van der Waals surface area contributed by atoms with E-state index in [9.17, 15) is 0 Å². The lowest BCUT2D eigenvalue weighted by Crippen LogP contribution is -2.17. The Labute approximate surface area is 130 Å². The largest absolute Gasteiger partial charge is 0.463 e. The van der Waals surface area contributed by atoms with Crippen molar-refractivity contribution in [1.82, 2.24) is 19.4 Å². The maximum absolute atomic E-state index is 8.27. The normalized spacial score (nSPS) is 11.5. The summed E-state index contributed by atoms with van der Waals surface area (Å²) < 4.78 is 8.26. The number of hydrogen-bond acceptors (Lipinski definition) is 5. The maximum atomic E-state index is 8.27. The third-order valence-corrected chi connectivity index (χ3v) is 3.37. The van der Waals surface area contributed by atoms with Gasteiger partial charge in [-0.25, -0.2) is 14.3 Å². The summed E-state index contributed by atoms with van der Waals surface area (Å²) in [6.07, 6.45) is 6.22. The predicted octanol–water partition coefficient (Wildman–Crippen LogP) is 2.18. The van der Waals surface area contributed by atoms with Gasteiger partial charge in [-0.3, -0.25) is 5.41 Å². The van der Waals surface area contributed by atoms with E-state index in [1.165, 1.54) is 17.2 Å². The summed E-state index contributed by atoms with van der Waals surface area (Å²) in [5, 5.41) is 17.4. The molecule has 3 heterocycles. The summed E-state index contributed by atoms with van der Waals surface area (Å²) in [5.74, 6) is 0.608. The van der Waals surface area contributed by atoms with Gasteiger partial charge in [0.15, 0.2) is 11.1 Å². The van der Waals surface area contributed by atoms with Crippen molar-refractivity contribution in [3.8, 4) is 5.69 Å². The van der Waals surface area contributed by atoms with E-state index in [1.807, 2.05) is 30.3 Å². The first-order valence-electron chi connectivity index (χ1n) is 6.96. The van der Waals surface area contributed by atoms with Crippen LogP contribution in [0.15, 0.2) is 70.8 Å². The molecule has 4 rings (SSSR count). The molecule has 0 radical (unpaired) electrons. The molecule has 0 aliphatic carbocycles. The fourth-order valence-corrected chi connectivity index (χ4v) is 2.25. The minimum atomic E-state index is 0.208. The van der Waals surface area contributed by atoms with Crippen LogP contribution >= 0.6 is 0 Å². The van der Waals surface area contributed by atoms with Gasteiger partial charge in [-0.05, 0) is 24.3 Å². The standard InChI is InChI=1S/C16H12N6O/c17-15-14-10-20-22(12-5-2-1-3-6-12)16(14)18-11-21(15)19-9-13-7-4-8-23-13/h1-11,17H. The molecule has 0 bridgehead atoms. The van der Waals surface area contributed by atoms with E-state index in [4.69, 9.17) is 9.83 Å². The SMILES string of the molecule is N=c1c2cnn(-c3ccccc3)c2ncn1N=Cc1ccco1. The molecule has 1 N–H and O–H groups in total. The lowest BCUT2D eigenvalue weighted by Gasteiger charge is -2.03. The molecule has 0 unspecified atom stereocenters. The minimum Gasteiger partial charge on any atom is -0.463 e. The van der Waals surface area contributed by atoms with E-state index in [2.05, 4.69) is 15.2 Å². The second-order valence-electron chi connectivity index (χ2n) is 4.83. The van der Waals surface area contributed by atoms with Crippen molar-refractivity contribution in [1.29, 1.82) is 5.41 Å². The van der Waals surface area contributed by atoms with Crippen molar-refractivity contribution in [2.24, 2.45) is 5.10 Å². The zero-order chi connectivity index (χ0) is 15.6. The summed E-state index contributed by atoms with van der Waals surface area (Å²) >= 11 is 0. The Hall–Kier alpha value is -3.48. The molecule has 3 aromatic heterocycles. The average Bonchev–Trinajstić information content (AvgIpc) is 3.25. The van der Waals surface area contributed by atoms with Gasteiger partial charge in [-0.2, -0.15) is 10.2 Å². The molecule has 0 fully saturated rings. The first kappa shape index (κ1) is 13.2. The Morgan fingerprint density at radius 3 is 2.78 bits per heavy atom. The highest BCUT2D eigenvalue weighted by atomic mass is 16.3. The van der Waals surface area contributed by atoms with Crippen LogP contribution in [0.3, 0.4) is 0 Å². The van der Waals surface area contributed by atoms with Crippen molar-refractivity contribution in [3.63, 3.8) is 0 Å². The van der Waals surface area contributed by atoms with Crippen molar-refractivity contribution in [2.75, 3.05) is 0 Å². The maximum Gasteiger partial charge on any atom is 0.168 e. The molecule has 0 saturated heterocycles. The van der Waals surface area contributed by atoms with Crippen LogP contribution in [0.25, 0.3) is 16.7 Å². The minimum absolute atomic E-state index is 0.208. The molecule has 112 valence electrons. The molecule has 0 amide bonds. The predicted molar refractivity (Wildman–Crippen MR) is 84.4 cm³/mol. The lowest BCUT2D eigenvalue weighted by molar-refractivity contribution is 0.559. The van der Waals surface area contributed by atoms with Crippen LogP contribution in [0.4, 0.5) is 0 Å². The Balaban J connectivity index is 1.80. The van der Waals surface area contributed by atoms with E-state index in [0.717, 1.165) is 5.69 Å². The molecule has 0 saturated carbocycles. The second kappa shape index (κ2) is 5.38. The fraction of sp³-hybridized carbons (Fsp3) is 0. The molecule has 7 heteroatoms. The van der Waals surface area contributed by atoms with Gasteiger partial charge >= 0.3 is 0 Å². The van der Waals surface area contributed by atoms with Crippen molar-refractivity contribution < 1.29 is 4.42 Å². The zero-order valence-electron chi connectivity index (χ0n) is 12.0. The summed E-state index contributed by atoms with van der Waals surface area (Å²) in [7, 11) is 0. The number of nitrogens with zero attached hydrogens (tertiary/aromatic N) is 5. The van der Waals surface area contributed by atoms with Crippen LogP contribution in [0.5, 0.6) is 0 Å². The van der Waals surface area contributed by atoms with Crippen molar-refractivity contribution >= 4 is 17.2 Å². The number of hydrogen-bond donors (Lipinski definition) is 1. The van der Waals surface area contributed by atoms with E-state index in [0.29, 0.717) is 16.8 Å². The van der Waals surface area contributed by atoms with Crippen LogP contribution in [-0.2, 0) is 0 Å². The molecular formula is C16H12N6O. The molecule has 0 atom stereocenters. The van der Waals surface area contributed by atoms with Crippen LogP contribution in [0.1, 0.15) is 5.76 Å². The van der Waals surface area contributed by atoms with E-state index in [1.54, 1.807) is 29.3 Å². The monoisotopic (exact) mass is 304 g/mol. The zero-order valence-corrected chi connectivity index (χ0v) is 12.0. The van der Waals surface area contributed by atoms with Crippen molar-refractivity contribution in [2.45, 2.75) is 0 Å². The highest BCUT2D eigenvalue weighted by molar-refractivity contribution is 5.76. The van der Waals surface area contributed by atoms with Crippen LogP contribution in [-0.4, -0.2) is 25.7 Å². The third-order valence-electron chi connectivity index (χ3n) is 3.37. The van der Waals surface area contributed by atoms with Gasteiger partial charge in [0.2, 0.25) is 0 Å². The fourth-order valence-electron chi connectivity index (χ4n) is 2.25. The van der Waals surface area contributed by atoms with Gasteiger partial charge in [0, 0.05) is 0 Å². The molecule has 23 heavy (non-hydrogen) atoms. The van der Waals surface area contributed by atoms with Gasteiger partial charge in [-0.15, -0.1) is 0 Å². The molecule has 0 aliphatic heterocycles. The van der Waals surface area contributed by atoms with Crippen LogP contribution < -0.4 is 5.49 Å². The van der Waals surface area contributed by atoms with Gasteiger partial charge < -0.3 is 4.42 Å². The summed E-state index contributed by atoms with van der Waals surface area (Å²) in [6, 6.07) is 13.2. The Bertz CT molecular complexity index is 1030. The number of furan rings is 1. The summed E-state index contributed by atoms with van der Waals surface area (Å²) in [6.45, 7) is 0. The van der Waals surface area contributed by atoms with E-state index < -0.39 is 0 Å². The molecular weight excluding hydrogens is 292 g/mol. The van der Waals surface area contributed by atoms with Gasteiger partial charge in [0.1, 0.15) is 12.1 Å². The number of aromatic nitrogens is 4. The van der Waals surface area contributed by atoms with Gasteiger partial charge in [0.25, 0.3) is 0 Å². The molecule has 4 aromatic rings. The van der Waals surface area contributed by atoms with Crippen LogP contribution in [0, 0.1) is 5.41 Å². The lowest BCUT2D eigenvalue weighted by atomic mass is 10.3. The highest BCUT2D eigenvalue weighted by Gasteiger charge is 2.08. The Morgan fingerprint density at radius 2 is 2.00 bits per heavy atom. The van der Waals surface area contributed by atoms with E-state index >= 15 is 0 Å². The first-order chi connectivity index (χ1) is 11.3. The Kier molecular flexibility index (Phi) is 3.09. The third kappa shape index (κ3) is 2.34. The number of benzene rings is 1. The Morgan fingerprint density at radius 1 is 1.13 bits per heavy atom. The number of para-hydroxylation sites is 1.